The first-order valence-electron chi connectivity index (χ1n) is 9.67. The highest BCUT2D eigenvalue weighted by Crippen LogP contribution is 2.27. The third kappa shape index (κ3) is 3.85. The molecule has 2 heterocycles. The standard InChI is InChI=1S/C22H24ClN3O2/c1-16-5-7-19(8-6-16)26-15-17(13-21(26)27)22(28)25-11-9-24(10-12-25)20-4-2-3-18(23)14-20/h2-8,14,17H,9-13,15H2,1H3/t17-/m0/s1. The van der Waals surface area contributed by atoms with E-state index in [-0.39, 0.29) is 17.7 Å². The molecule has 0 radical (unpaired) electrons. The lowest BCUT2D eigenvalue weighted by Crippen LogP contribution is -2.50. The van der Waals surface area contributed by atoms with Crippen molar-refractivity contribution >= 4 is 34.8 Å². The number of aryl methyl sites for hydroxylation is 1. The summed E-state index contributed by atoms with van der Waals surface area (Å²) in [5.74, 6) is -0.139. The highest BCUT2D eigenvalue weighted by molar-refractivity contribution is 6.30. The number of hydrogen-bond acceptors (Lipinski definition) is 3. The van der Waals surface area contributed by atoms with Crippen LogP contribution in [0, 0.1) is 12.8 Å². The topological polar surface area (TPSA) is 43.9 Å². The van der Waals surface area contributed by atoms with E-state index in [9.17, 15) is 9.59 Å². The lowest BCUT2D eigenvalue weighted by molar-refractivity contribution is -0.136. The average Bonchev–Trinajstić information content (AvgIpc) is 3.10. The van der Waals surface area contributed by atoms with Gasteiger partial charge in [0.2, 0.25) is 11.8 Å². The van der Waals surface area contributed by atoms with Crippen molar-refractivity contribution in [3.8, 4) is 0 Å². The second-order valence-corrected chi connectivity index (χ2v) is 7.97. The Kier molecular flexibility index (Phi) is 5.27. The van der Waals surface area contributed by atoms with Crippen molar-refractivity contribution in [3.05, 3.63) is 59.1 Å². The number of carbonyl (C=O) groups is 2. The number of hydrogen-bond donors (Lipinski definition) is 0. The lowest BCUT2D eigenvalue weighted by Gasteiger charge is -2.37. The first-order valence-corrected chi connectivity index (χ1v) is 10.1. The fourth-order valence-corrected chi connectivity index (χ4v) is 4.15. The number of rotatable bonds is 3. The van der Waals surface area contributed by atoms with Gasteiger partial charge in [-0.2, -0.15) is 0 Å². The maximum absolute atomic E-state index is 13.0. The Morgan fingerprint density at radius 2 is 1.71 bits per heavy atom. The minimum absolute atomic E-state index is 0.0276. The molecule has 2 fully saturated rings. The second-order valence-electron chi connectivity index (χ2n) is 7.53. The Balaban J connectivity index is 1.36. The van der Waals surface area contributed by atoms with Gasteiger partial charge in [0, 0.05) is 55.5 Å². The highest BCUT2D eigenvalue weighted by Gasteiger charge is 2.37. The molecule has 2 aliphatic rings. The second kappa shape index (κ2) is 7.84. The Hall–Kier alpha value is -2.53. The predicted octanol–water partition coefficient (Wildman–Crippen LogP) is 3.35. The molecule has 0 unspecified atom stereocenters. The van der Waals surface area contributed by atoms with E-state index in [1.54, 1.807) is 4.90 Å². The van der Waals surface area contributed by atoms with Gasteiger partial charge in [-0.1, -0.05) is 35.4 Å². The summed E-state index contributed by atoms with van der Waals surface area (Å²) in [7, 11) is 0. The van der Waals surface area contributed by atoms with Crippen molar-refractivity contribution in [2.24, 2.45) is 5.92 Å². The van der Waals surface area contributed by atoms with Gasteiger partial charge in [-0.25, -0.2) is 0 Å². The molecule has 2 aromatic carbocycles. The fraction of sp³-hybridized carbons (Fsp3) is 0.364. The van der Waals surface area contributed by atoms with Crippen LogP contribution in [0.5, 0.6) is 0 Å². The molecule has 0 bridgehead atoms. The van der Waals surface area contributed by atoms with Gasteiger partial charge >= 0.3 is 0 Å². The summed E-state index contributed by atoms with van der Waals surface area (Å²) >= 11 is 6.09. The molecule has 0 spiro atoms. The number of benzene rings is 2. The summed E-state index contributed by atoms with van der Waals surface area (Å²) in [6.45, 7) is 5.37. The first-order chi connectivity index (χ1) is 13.5. The number of halogens is 1. The van der Waals surface area contributed by atoms with Crippen LogP contribution in [0.4, 0.5) is 11.4 Å². The van der Waals surface area contributed by atoms with E-state index in [2.05, 4.69) is 4.90 Å². The van der Waals surface area contributed by atoms with E-state index in [0.29, 0.717) is 26.1 Å². The largest absolute Gasteiger partial charge is 0.368 e. The van der Waals surface area contributed by atoms with Crippen LogP contribution in [0.2, 0.25) is 5.02 Å². The van der Waals surface area contributed by atoms with Gasteiger partial charge in [-0.3, -0.25) is 9.59 Å². The van der Waals surface area contributed by atoms with E-state index in [1.165, 1.54) is 0 Å². The van der Waals surface area contributed by atoms with Crippen LogP contribution in [0.3, 0.4) is 0 Å². The van der Waals surface area contributed by atoms with E-state index in [4.69, 9.17) is 11.6 Å². The van der Waals surface area contributed by atoms with Gasteiger partial charge in [0.05, 0.1) is 5.92 Å². The Bertz CT molecular complexity index is 876. The molecule has 146 valence electrons. The molecule has 4 rings (SSSR count). The zero-order chi connectivity index (χ0) is 19.7. The maximum atomic E-state index is 13.0. The van der Waals surface area contributed by atoms with Crippen molar-refractivity contribution in [2.45, 2.75) is 13.3 Å². The molecule has 1 atom stereocenters. The molecule has 28 heavy (non-hydrogen) atoms. The van der Waals surface area contributed by atoms with Crippen LogP contribution in [0.1, 0.15) is 12.0 Å². The van der Waals surface area contributed by atoms with Crippen molar-refractivity contribution < 1.29 is 9.59 Å². The minimum Gasteiger partial charge on any atom is -0.368 e. The van der Waals surface area contributed by atoms with E-state index >= 15 is 0 Å². The van der Waals surface area contributed by atoms with Gasteiger partial charge in [0.25, 0.3) is 0 Å². The predicted molar refractivity (Wildman–Crippen MR) is 112 cm³/mol. The maximum Gasteiger partial charge on any atom is 0.228 e. The Morgan fingerprint density at radius 1 is 1.00 bits per heavy atom. The van der Waals surface area contributed by atoms with Gasteiger partial charge in [-0.05, 0) is 37.3 Å². The first kappa shape index (κ1) is 18.8. The molecule has 0 N–H and O–H groups in total. The third-order valence-electron chi connectivity index (χ3n) is 5.58. The monoisotopic (exact) mass is 397 g/mol. The molecule has 2 aliphatic heterocycles. The van der Waals surface area contributed by atoms with Crippen molar-refractivity contribution in [2.75, 3.05) is 42.5 Å². The zero-order valence-corrected chi connectivity index (χ0v) is 16.7. The Morgan fingerprint density at radius 3 is 2.39 bits per heavy atom. The Labute approximate surface area is 170 Å². The van der Waals surface area contributed by atoms with E-state index < -0.39 is 0 Å². The van der Waals surface area contributed by atoms with Crippen molar-refractivity contribution in [3.63, 3.8) is 0 Å². The minimum atomic E-state index is -0.258. The van der Waals surface area contributed by atoms with Crippen LogP contribution in [-0.4, -0.2) is 49.4 Å². The lowest BCUT2D eigenvalue weighted by atomic mass is 10.1. The SMILES string of the molecule is Cc1ccc(N2C[C@@H](C(=O)N3CCN(c4cccc(Cl)c4)CC3)CC2=O)cc1. The summed E-state index contributed by atoms with van der Waals surface area (Å²) in [6.07, 6.45) is 0.293. The fourth-order valence-electron chi connectivity index (χ4n) is 3.96. The molecular formula is C22H24ClN3O2. The molecule has 5 nitrogen and oxygen atoms in total. The van der Waals surface area contributed by atoms with Gasteiger partial charge in [0.15, 0.2) is 0 Å². The number of carbonyl (C=O) groups excluding carboxylic acids is 2. The van der Waals surface area contributed by atoms with Crippen molar-refractivity contribution in [1.82, 2.24) is 4.90 Å². The average molecular weight is 398 g/mol. The molecule has 2 amide bonds. The third-order valence-corrected chi connectivity index (χ3v) is 5.82. The number of anilines is 2. The quantitative estimate of drug-likeness (QED) is 0.797. The molecule has 0 saturated carbocycles. The van der Waals surface area contributed by atoms with Crippen LogP contribution in [-0.2, 0) is 9.59 Å². The normalized spacial score (nSPS) is 20.0. The molecule has 2 saturated heterocycles. The molecular weight excluding hydrogens is 374 g/mol. The van der Waals surface area contributed by atoms with Crippen LogP contribution < -0.4 is 9.80 Å². The number of amides is 2. The summed E-state index contributed by atoms with van der Waals surface area (Å²) in [4.78, 5) is 31.3. The summed E-state index contributed by atoms with van der Waals surface area (Å²) in [5.41, 5.74) is 3.11. The highest BCUT2D eigenvalue weighted by atomic mass is 35.5. The molecule has 0 aliphatic carbocycles. The van der Waals surface area contributed by atoms with Crippen LogP contribution in [0.25, 0.3) is 0 Å². The molecule has 0 aromatic heterocycles. The van der Waals surface area contributed by atoms with Crippen molar-refractivity contribution in [1.29, 1.82) is 0 Å². The van der Waals surface area contributed by atoms with E-state index in [0.717, 1.165) is 35.1 Å². The summed E-state index contributed by atoms with van der Waals surface area (Å²) in [6, 6.07) is 15.7. The number of piperazine rings is 1. The van der Waals surface area contributed by atoms with Gasteiger partial charge < -0.3 is 14.7 Å². The molecule has 2 aromatic rings. The van der Waals surface area contributed by atoms with Crippen LogP contribution in [0.15, 0.2) is 48.5 Å². The van der Waals surface area contributed by atoms with Gasteiger partial charge in [0.1, 0.15) is 0 Å². The zero-order valence-electron chi connectivity index (χ0n) is 16.0. The van der Waals surface area contributed by atoms with E-state index in [1.807, 2.05) is 60.4 Å². The smallest absolute Gasteiger partial charge is 0.228 e. The number of nitrogens with zero attached hydrogens (tertiary/aromatic N) is 3. The summed E-state index contributed by atoms with van der Waals surface area (Å²) in [5, 5.41) is 0.719. The molecule has 6 heteroatoms. The van der Waals surface area contributed by atoms with Crippen LogP contribution >= 0.6 is 11.6 Å². The summed E-state index contributed by atoms with van der Waals surface area (Å²) < 4.78 is 0. The van der Waals surface area contributed by atoms with Gasteiger partial charge in [-0.15, -0.1) is 0 Å².